The zero-order chi connectivity index (χ0) is 15.0. The molecular weight excluding hydrogens is 294 g/mol. The van der Waals surface area contributed by atoms with E-state index in [4.69, 9.17) is 20.8 Å². The molecule has 1 amide bonds. The quantitative estimate of drug-likeness (QED) is 0.924. The van der Waals surface area contributed by atoms with E-state index in [1.807, 2.05) is 6.92 Å². The van der Waals surface area contributed by atoms with Gasteiger partial charge < -0.3 is 19.2 Å². The third-order valence-corrected chi connectivity index (χ3v) is 4.03. The van der Waals surface area contributed by atoms with E-state index in [0.29, 0.717) is 36.1 Å². The molecule has 2 heterocycles. The number of nitrogens with zero attached hydrogens (tertiary/aromatic N) is 1. The Bertz CT molecular complexity index is 682. The van der Waals surface area contributed by atoms with Crippen molar-refractivity contribution in [2.75, 3.05) is 26.4 Å². The first-order valence-electron chi connectivity index (χ1n) is 6.80. The van der Waals surface area contributed by atoms with Gasteiger partial charge in [0.2, 0.25) is 0 Å². The normalized spacial score (nSPS) is 19.2. The molecule has 1 fully saturated rings. The fourth-order valence-electron chi connectivity index (χ4n) is 2.60. The molecule has 0 radical (unpaired) electrons. The maximum absolute atomic E-state index is 12.7. The summed E-state index contributed by atoms with van der Waals surface area (Å²) in [4.78, 5) is 14.3. The number of hydrogen-bond acceptors (Lipinski definition) is 4. The van der Waals surface area contributed by atoms with Crippen molar-refractivity contribution in [1.82, 2.24) is 4.90 Å². The van der Waals surface area contributed by atoms with Gasteiger partial charge in [0, 0.05) is 22.5 Å². The van der Waals surface area contributed by atoms with Gasteiger partial charge in [-0.2, -0.15) is 0 Å². The van der Waals surface area contributed by atoms with Gasteiger partial charge in [-0.05, 0) is 25.1 Å². The number of amides is 1. The highest BCUT2D eigenvalue weighted by Crippen LogP contribution is 2.29. The summed E-state index contributed by atoms with van der Waals surface area (Å²) in [7, 11) is 0. The maximum atomic E-state index is 12.7. The van der Waals surface area contributed by atoms with Crippen molar-refractivity contribution in [3.8, 4) is 0 Å². The summed E-state index contributed by atoms with van der Waals surface area (Å²) in [6.45, 7) is 2.96. The molecule has 0 spiro atoms. The smallest absolute Gasteiger partial charge is 0.290 e. The molecule has 1 aliphatic rings. The van der Waals surface area contributed by atoms with E-state index in [0.717, 1.165) is 10.9 Å². The monoisotopic (exact) mass is 309 g/mol. The first kappa shape index (κ1) is 14.4. The SMILES string of the molecule is Cc1c(C(=O)N2CCOCC2CO)oc2ccc(Cl)cc12. The number of furan rings is 1. The van der Waals surface area contributed by atoms with Crippen LogP contribution in [-0.2, 0) is 4.74 Å². The third-order valence-electron chi connectivity index (χ3n) is 3.79. The molecular formula is C15H16ClNO4. The fourth-order valence-corrected chi connectivity index (χ4v) is 2.77. The van der Waals surface area contributed by atoms with E-state index in [1.54, 1.807) is 23.1 Å². The Morgan fingerprint density at radius 2 is 2.33 bits per heavy atom. The largest absolute Gasteiger partial charge is 0.451 e. The molecule has 1 unspecified atom stereocenters. The van der Waals surface area contributed by atoms with Crippen LogP contribution in [0.3, 0.4) is 0 Å². The molecule has 6 heteroatoms. The maximum Gasteiger partial charge on any atom is 0.290 e. The number of carbonyl (C=O) groups excluding carboxylic acids is 1. The Kier molecular flexibility index (Phi) is 3.89. The van der Waals surface area contributed by atoms with Crippen LogP contribution in [0.15, 0.2) is 22.6 Å². The summed E-state index contributed by atoms with van der Waals surface area (Å²) in [6.07, 6.45) is 0. The van der Waals surface area contributed by atoms with Crippen LogP contribution in [0.25, 0.3) is 11.0 Å². The van der Waals surface area contributed by atoms with Crippen molar-refractivity contribution in [1.29, 1.82) is 0 Å². The molecule has 0 saturated carbocycles. The van der Waals surface area contributed by atoms with Crippen LogP contribution < -0.4 is 0 Å². The zero-order valence-corrected chi connectivity index (χ0v) is 12.4. The number of aliphatic hydroxyl groups is 1. The van der Waals surface area contributed by atoms with E-state index >= 15 is 0 Å². The number of morpholine rings is 1. The minimum Gasteiger partial charge on any atom is -0.451 e. The molecule has 1 atom stereocenters. The lowest BCUT2D eigenvalue weighted by atomic mass is 10.1. The molecule has 0 bridgehead atoms. The molecule has 1 aromatic carbocycles. The van der Waals surface area contributed by atoms with Crippen LogP contribution in [0.1, 0.15) is 16.1 Å². The number of aliphatic hydroxyl groups excluding tert-OH is 1. The molecule has 1 saturated heterocycles. The first-order valence-corrected chi connectivity index (χ1v) is 7.18. The lowest BCUT2D eigenvalue weighted by Gasteiger charge is -2.33. The second-order valence-electron chi connectivity index (χ2n) is 5.11. The molecule has 1 aromatic heterocycles. The van der Waals surface area contributed by atoms with E-state index < -0.39 is 0 Å². The second kappa shape index (κ2) is 5.67. The van der Waals surface area contributed by atoms with Crippen molar-refractivity contribution in [2.24, 2.45) is 0 Å². The van der Waals surface area contributed by atoms with Gasteiger partial charge in [0.05, 0.1) is 25.9 Å². The summed E-state index contributed by atoms with van der Waals surface area (Å²) >= 11 is 5.99. The van der Waals surface area contributed by atoms with Gasteiger partial charge in [0.15, 0.2) is 5.76 Å². The number of rotatable bonds is 2. The minimum atomic E-state index is -0.331. The number of fused-ring (bicyclic) bond motifs is 1. The van der Waals surface area contributed by atoms with Crippen LogP contribution in [-0.4, -0.2) is 48.3 Å². The highest BCUT2D eigenvalue weighted by molar-refractivity contribution is 6.31. The summed E-state index contributed by atoms with van der Waals surface area (Å²) in [5, 5.41) is 10.8. The van der Waals surface area contributed by atoms with E-state index in [2.05, 4.69) is 0 Å². The standard InChI is InChI=1S/C15H16ClNO4/c1-9-12-6-10(16)2-3-13(12)21-14(9)15(19)17-4-5-20-8-11(17)7-18/h2-3,6,11,18H,4-5,7-8H2,1H3. The molecule has 3 rings (SSSR count). The number of halogens is 1. The van der Waals surface area contributed by atoms with Crippen molar-refractivity contribution >= 4 is 28.5 Å². The molecule has 21 heavy (non-hydrogen) atoms. The van der Waals surface area contributed by atoms with E-state index in [-0.39, 0.29) is 18.6 Å². The van der Waals surface area contributed by atoms with Gasteiger partial charge >= 0.3 is 0 Å². The summed E-state index contributed by atoms with van der Waals surface area (Å²) in [6, 6.07) is 4.94. The number of ether oxygens (including phenoxy) is 1. The Hall–Kier alpha value is -1.56. The van der Waals surface area contributed by atoms with Crippen molar-refractivity contribution in [2.45, 2.75) is 13.0 Å². The van der Waals surface area contributed by atoms with Crippen LogP contribution in [0.5, 0.6) is 0 Å². The highest BCUT2D eigenvalue weighted by atomic mass is 35.5. The summed E-state index contributed by atoms with van der Waals surface area (Å²) < 4.78 is 11.0. The van der Waals surface area contributed by atoms with Crippen molar-refractivity contribution in [3.63, 3.8) is 0 Å². The fraction of sp³-hybridized carbons (Fsp3) is 0.400. The lowest BCUT2D eigenvalue weighted by Crippen LogP contribution is -2.50. The Morgan fingerprint density at radius 3 is 3.10 bits per heavy atom. The predicted molar refractivity (Wildman–Crippen MR) is 78.7 cm³/mol. The Morgan fingerprint density at radius 1 is 1.52 bits per heavy atom. The van der Waals surface area contributed by atoms with Gasteiger partial charge in [-0.3, -0.25) is 4.79 Å². The summed E-state index contributed by atoms with van der Waals surface area (Å²) in [5.41, 5.74) is 1.40. The second-order valence-corrected chi connectivity index (χ2v) is 5.54. The predicted octanol–water partition coefficient (Wildman–Crippen LogP) is 2.23. The van der Waals surface area contributed by atoms with E-state index in [1.165, 1.54) is 0 Å². The van der Waals surface area contributed by atoms with Gasteiger partial charge in [0.1, 0.15) is 5.58 Å². The van der Waals surface area contributed by atoms with Gasteiger partial charge in [-0.1, -0.05) is 11.6 Å². The van der Waals surface area contributed by atoms with Crippen molar-refractivity contribution in [3.05, 3.63) is 34.5 Å². The topological polar surface area (TPSA) is 62.9 Å². The first-order chi connectivity index (χ1) is 10.1. The molecule has 0 aliphatic carbocycles. The highest BCUT2D eigenvalue weighted by Gasteiger charge is 2.31. The van der Waals surface area contributed by atoms with Crippen LogP contribution in [0.4, 0.5) is 0 Å². The molecule has 2 aromatic rings. The van der Waals surface area contributed by atoms with Crippen molar-refractivity contribution < 1.29 is 19.1 Å². The molecule has 5 nitrogen and oxygen atoms in total. The van der Waals surface area contributed by atoms with Gasteiger partial charge in [0.25, 0.3) is 5.91 Å². The third kappa shape index (κ3) is 2.52. The van der Waals surface area contributed by atoms with Crippen LogP contribution >= 0.6 is 11.6 Å². The molecule has 1 aliphatic heterocycles. The number of carbonyl (C=O) groups is 1. The molecule has 112 valence electrons. The minimum absolute atomic E-state index is 0.128. The molecule has 1 N–H and O–H groups in total. The number of hydrogen-bond donors (Lipinski definition) is 1. The zero-order valence-electron chi connectivity index (χ0n) is 11.6. The number of benzene rings is 1. The lowest BCUT2D eigenvalue weighted by molar-refractivity contribution is -0.0196. The average Bonchev–Trinajstić information content (AvgIpc) is 2.83. The van der Waals surface area contributed by atoms with E-state index in [9.17, 15) is 9.90 Å². The Labute approximate surface area is 127 Å². The van der Waals surface area contributed by atoms with Crippen LogP contribution in [0.2, 0.25) is 5.02 Å². The van der Waals surface area contributed by atoms with Gasteiger partial charge in [-0.25, -0.2) is 0 Å². The number of aryl methyl sites for hydroxylation is 1. The van der Waals surface area contributed by atoms with Crippen LogP contribution in [0, 0.1) is 6.92 Å². The Balaban J connectivity index is 1.99. The average molecular weight is 310 g/mol. The van der Waals surface area contributed by atoms with Gasteiger partial charge in [-0.15, -0.1) is 0 Å². The summed E-state index contributed by atoms with van der Waals surface area (Å²) in [5.74, 6) is 0.0785.